The van der Waals surface area contributed by atoms with E-state index in [2.05, 4.69) is 9.88 Å². The molecule has 1 aromatic heterocycles. The molecule has 2 rings (SSSR count). The monoisotopic (exact) mass is 362 g/mol. The molecule has 1 aromatic carbocycles. The van der Waals surface area contributed by atoms with Crippen LogP contribution in [-0.4, -0.2) is 65.2 Å². The summed E-state index contributed by atoms with van der Waals surface area (Å²) in [7, 11) is 7.48. The lowest BCUT2D eigenvalue weighted by Crippen LogP contribution is -2.31. The summed E-state index contributed by atoms with van der Waals surface area (Å²) in [4.78, 5) is 33.4. The molecule has 6 nitrogen and oxygen atoms in total. The summed E-state index contributed by atoms with van der Waals surface area (Å²) in [5.41, 5.74) is 0.625. The van der Waals surface area contributed by atoms with E-state index in [0.717, 1.165) is 13.0 Å². The van der Waals surface area contributed by atoms with Crippen LogP contribution in [-0.2, 0) is 11.3 Å². The number of fused-ring (bicyclic) bond motifs is 1. The lowest BCUT2D eigenvalue weighted by Gasteiger charge is -2.19. The van der Waals surface area contributed by atoms with Gasteiger partial charge in [0, 0.05) is 20.6 Å². The van der Waals surface area contributed by atoms with Crippen LogP contribution >= 0.6 is 11.8 Å². The maximum atomic E-state index is 12.9. The Morgan fingerprint density at radius 1 is 1.24 bits per heavy atom. The summed E-state index contributed by atoms with van der Waals surface area (Å²) < 4.78 is 1.70. The van der Waals surface area contributed by atoms with Gasteiger partial charge < -0.3 is 9.80 Å². The molecule has 0 N–H and O–H groups in total. The molecule has 0 spiro atoms. The number of carbonyl (C=O) groups excluding carboxylic acids is 1. The summed E-state index contributed by atoms with van der Waals surface area (Å²) in [5, 5.41) is 0.914. The fraction of sp³-hybridized carbons (Fsp3) is 0.500. The largest absolute Gasteiger partial charge is 0.348 e. The lowest BCUT2D eigenvalue weighted by atomic mass is 10.2. The third kappa shape index (κ3) is 4.83. The minimum atomic E-state index is -0.303. The molecule has 0 saturated carbocycles. The quantitative estimate of drug-likeness (QED) is 0.556. The Balaban J connectivity index is 2.41. The first-order valence-corrected chi connectivity index (χ1v) is 9.21. The number of thioether (sulfide) groups is 1. The molecule has 0 fully saturated rings. The zero-order valence-corrected chi connectivity index (χ0v) is 16.3. The number of hydrogen-bond donors (Lipinski definition) is 0. The standard InChI is InChI=1S/C18H26N4O2S/c1-13(16(23)21(4)5)25-18-19-15-10-7-6-9-14(15)17(24)22(18)12-8-11-20(2)3/h6-7,9-10,13H,8,11-12H2,1-5H3/t13-/m0/s1. The van der Waals surface area contributed by atoms with Gasteiger partial charge in [0.15, 0.2) is 5.16 Å². The Morgan fingerprint density at radius 3 is 2.56 bits per heavy atom. The summed E-state index contributed by atoms with van der Waals surface area (Å²) >= 11 is 1.34. The first kappa shape index (κ1) is 19.5. The van der Waals surface area contributed by atoms with Crippen LogP contribution in [0.3, 0.4) is 0 Å². The van der Waals surface area contributed by atoms with Crippen LogP contribution in [0.4, 0.5) is 0 Å². The van der Waals surface area contributed by atoms with Crippen molar-refractivity contribution >= 4 is 28.6 Å². The van der Waals surface area contributed by atoms with Crippen molar-refractivity contribution in [2.24, 2.45) is 0 Å². The smallest absolute Gasteiger partial charge is 0.262 e. The van der Waals surface area contributed by atoms with Gasteiger partial charge in [-0.1, -0.05) is 23.9 Å². The second kappa shape index (κ2) is 8.49. The number of hydrogen-bond acceptors (Lipinski definition) is 5. The van der Waals surface area contributed by atoms with Crippen molar-refractivity contribution in [3.8, 4) is 0 Å². The Morgan fingerprint density at radius 2 is 1.92 bits per heavy atom. The van der Waals surface area contributed by atoms with Gasteiger partial charge in [-0.15, -0.1) is 0 Å². The second-order valence-corrected chi connectivity index (χ2v) is 7.83. The van der Waals surface area contributed by atoms with Crippen molar-refractivity contribution in [3.05, 3.63) is 34.6 Å². The summed E-state index contributed by atoms with van der Waals surface area (Å²) in [6.45, 7) is 3.31. The first-order valence-electron chi connectivity index (χ1n) is 8.33. The zero-order valence-electron chi connectivity index (χ0n) is 15.5. The number of carbonyl (C=O) groups is 1. The van der Waals surface area contributed by atoms with E-state index in [1.807, 2.05) is 39.2 Å². The highest BCUT2D eigenvalue weighted by atomic mass is 32.2. The number of para-hydroxylation sites is 1. The fourth-order valence-corrected chi connectivity index (χ4v) is 3.63. The number of amides is 1. The normalized spacial score (nSPS) is 12.6. The Kier molecular flexibility index (Phi) is 6.61. The highest BCUT2D eigenvalue weighted by molar-refractivity contribution is 8.00. The van der Waals surface area contributed by atoms with E-state index in [-0.39, 0.29) is 16.7 Å². The van der Waals surface area contributed by atoms with E-state index in [9.17, 15) is 9.59 Å². The van der Waals surface area contributed by atoms with Crippen LogP contribution < -0.4 is 5.56 Å². The summed E-state index contributed by atoms with van der Waals surface area (Å²) in [6.07, 6.45) is 0.844. The van der Waals surface area contributed by atoms with E-state index in [4.69, 9.17) is 0 Å². The summed E-state index contributed by atoms with van der Waals surface area (Å²) in [6, 6.07) is 7.36. The predicted molar refractivity (Wildman–Crippen MR) is 103 cm³/mol. The molecule has 25 heavy (non-hydrogen) atoms. The molecule has 0 unspecified atom stereocenters. The van der Waals surface area contributed by atoms with E-state index in [1.54, 1.807) is 29.6 Å². The first-order chi connectivity index (χ1) is 11.8. The van der Waals surface area contributed by atoms with E-state index < -0.39 is 0 Å². The highest BCUT2D eigenvalue weighted by Crippen LogP contribution is 2.23. The van der Waals surface area contributed by atoms with Gasteiger partial charge in [0.05, 0.1) is 16.2 Å². The molecule has 136 valence electrons. The van der Waals surface area contributed by atoms with Gasteiger partial charge in [-0.2, -0.15) is 0 Å². The molecule has 0 aliphatic rings. The highest BCUT2D eigenvalue weighted by Gasteiger charge is 2.20. The molecule has 7 heteroatoms. The van der Waals surface area contributed by atoms with Crippen LogP contribution in [0.2, 0.25) is 0 Å². The van der Waals surface area contributed by atoms with Crippen molar-refractivity contribution in [2.45, 2.75) is 30.3 Å². The van der Waals surface area contributed by atoms with Crippen LogP contribution in [0.1, 0.15) is 13.3 Å². The average Bonchev–Trinajstić information content (AvgIpc) is 2.56. The molecule has 0 aliphatic carbocycles. The molecule has 0 saturated heterocycles. The number of benzene rings is 1. The molecular weight excluding hydrogens is 336 g/mol. The molecule has 0 aliphatic heterocycles. The van der Waals surface area contributed by atoms with E-state index in [0.29, 0.717) is 22.6 Å². The second-order valence-electron chi connectivity index (χ2n) is 6.52. The molecule has 0 bridgehead atoms. The third-order valence-electron chi connectivity index (χ3n) is 3.88. The molecule has 1 atom stereocenters. The van der Waals surface area contributed by atoms with Gasteiger partial charge in [-0.05, 0) is 46.1 Å². The molecule has 1 amide bonds. The number of nitrogens with zero attached hydrogens (tertiary/aromatic N) is 4. The van der Waals surface area contributed by atoms with Gasteiger partial charge >= 0.3 is 0 Å². The predicted octanol–water partition coefficient (Wildman–Crippen LogP) is 1.92. The SMILES string of the molecule is C[C@H](Sc1nc2ccccc2c(=O)n1CCCN(C)C)C(=O)N(C)C. The average molecular weight is 362 g/mol. The molecule has 2 aromatic rings. The van der Waals surface area contributed by atoms with Crippen molar-refractivity contribution < 1.29 is 4.79 Å². The van der Waals surface area contributed by atoms with Crippen LogP contribution in [0, 0.1) is 0 Å². The van der Waals surface area contributed by atoms with Gasteiger partial charge in [0.25, 0.3) is 5.56 Å². The fourth-order valence-electron chi connectivity index (χ4n) is 2.55. The maximum Gasteiger partial charge on any atom is 0.262 e. The van der Waals surface area contributed by atoms with Crippen molar-refractivity contribution in [3.63, 3.8) is 0 Å². The van der Waals surface area contributed by atoms with E-state index in [1.165, 1.54) is 11.8 Å². The Bertz CT molecular complexity index is 801. The van der Waals surface area contributed by atoms with Crippen molar-refractivity contribution in [1.29, 1.82) is 0 Å². The number of aromatic nitrogens is 2. The topological polar surface area (TPSA) is 58.4 Å². The Hall–Kier alpha value is -1.86. The van der Waals surface area contributed by atoms with Crippen LogP contribution in [0.25, 0.3) is 10.9 Å². The summed E-state index contributed by atoms with van der Waals surface area (Å²) in [5.74, 6) is 0.00671. The van der Waals surface area contributed by atoms with Gasteiger partial charge in [-0.3, -0.25) is 14.2 Å². The molecule has 0 radical (unpaired) electrons. The third-order valence-corrected chi connectivity index (χ3v) is 4.96. The van der Waals surface area contributed by atoms with E-state index >= 15 is 0 Å². The van der Waals surface area contributed by atoms with Crippen molar-refractivity contribution in [2.75, 3.05) is 34.7 Å². The van der Waals surface area contributed by atoms with Crippen LogP contribution in [0.15, 0.2) is 34.2 Å². The minimum absolute atomic E-state index is 0.00671. The Labute approximate surface area is 152 Å². The van der Waals surface area contributed by atoms with Gasteiger partial charge in [0.2, 0.25) is 5.91 Å². The number of rotatable bonds is 7. The lowest BCUT2D eigenvalue weighted by molar-refractivity contribution is -0.127. The maximum absolute atomic E-state index is 12.9. The van der Waals surface area contributed by atoms with Crippen molar-refractivity contribution in [1.82, 2.24) is 19.4 Å². The van der Waals surface area contributed by atoms with Crippen LogP contribution in [0.5, 0.6) is 0 Å². The molecule has 1 heterocycles. The zero-order chi connectivity index (χ0) is 18.6. The minimum Gasteiger partial charge on any atom is -0.348 e. The van der Waals surface area contributed by atoms with Gasteiger partial charge in [0.1, 0.15) is 0 Å². The molecular formula is C18H26N4O2S. The van der Waals surface area contributed by atoms with Gasteiger partial charge in [-0.25, -0.2) is 4.98 Å².